The molecule has 0 aliphatic rings. The number of benzene rings is 1. The monoisotopic (exact) mass is 325 g/mol. The molecule has 0 bridgehead atoms. The lowest BCUT2D eigenvalue weighted by Crippen LogP contribution is -2.07. The average molecular weight is 325 g/mol. The van der Waals surface area contributed by atoms with Crippen LogP contribution >= 0.6 is 7.82 Å². The molecule has 2 aromatic rings. The molecule has 2 rings (SSSR count). The molecule has 0 N–H and O–H groups in total. The summed E-state index contributed by atoms with van der Waals surface area (Å²) in [5.41, 5.74) is 1.55. The van der Waals surface area contributed by atoms with Gasteiger partial charge in [0, 0.05) is 29.2 Å². The summed E-state index contributed by atoms with van der Waals surface area (Å²) in [4.78, 5) is 11.1. The molecule has 1 heterocycles. The number of nitrogens with zero attached hydrogens (tertiary/aromatic N) is 1. The summed E-state index contributed by atoms with van der Waals surface area (Å²) in [5.74, 6) is 0. The van der Waals surface area contributed by atoms with Gasteiger partial charge in [-0.25, -0.2) is 4.57 Å². The Balaban J connectivity index is 2.09. The number of para-hydroxylation sites is 1. The van der Waals surface area contributed by atoms with Crippen molar-refractivity contribution in [1.82, 2.24) is 4.57 Å². The van der Waals surface area contributed by atoms with E-state index in [1.807, 2.05) is 28.8 Å². The SMILES string of the molecule is CCOP(=O)(OCC)OCCn1cc(C=O)c2ccccc21. The number of rotatable bonds is 9. The molecule has 0 fully saturated rings. The highest BCUT2D eigenvalue weighted by atomic mass is 31.2. The van der Waals surface area contributed by atoms with Gasteiger partial charge in [0.25, 0.3) is 0 Å². The molecule has 7 heteroatoms. The van der Waals surface area contributed by atoms with Crippen LogP contribution in [0, 0.1) is 0 Å². The number of aromatic nitrogens is 1. The summed E-state index contributed by atoms with van der Waals surface area (Å²) in [7, 11) is -3.50. The maximum absolute atomic E-state index is 12.2. The number of carbonyl (C=O) groups excluding carboxylic acids is 1. The first kappa shape index (κ1) is 16.9. The molecule has 0 aliphatic carbocycles. The standard InChI is InChI=1S/C15H20NO5P/c1-3-19-22(18,20-4-2)21-10-9-16-11-13(12-17)14-7-5-6-8-15(14)16/h5-8,11-12H,3-4,9-10H2,1-2H3. The first-order valence-corrected chi connectivity index (χ1v) is 8.66. The van der Waals surface area contributed by atoms with E-state index in [1.165, 1.54) is 0 Å². The second-order valence-corrected chi connectivity index (χ2v) is 6.20. The van der Waals surface area contributed by atoms with Crippen molar-refractivity contribution in [1.29, 1.82) is 0 Å². The van der Waals surface area contributed by atoms with E-state index < -0.39 is 7.82 Å². The van der Waals surface area contributed by atoms with Gasteiger partial charge in [0.05, 0.1) is 19.8 Å². The van der Waals surface area contributed by atoms with Crippen LogP contribution in [0.3, 0.4) is 0 Å². The lowest BCUT2D eigenvalue weighted by atomic mass is 10.2. The number of hydrogen-bond acceptors (Lipinski definition) is 5. The Bertz CT molecular complexity index is 672. The Morgan fingerprint density at radius 3 is 2.45 bits per heavy atom. The molecule has 0 saturated heterocycles. The van der Waals surface area contributed by atoms with Crippen LogP contribution in [0.15, 0.2) is 30.5 Å². The van der Waals surface area contributed by atoms with Crippen molar-refractivity contribution in [3.05, 3.63) is 36.0 Å². The van der Waals surface area contributed by atoms with Crippen molar-refractivity contribution in [2.75, 3.05) is 19.8 Å². The maximum Gasteiger partial charge on any atom is 0.474 e. The lowest BCUT2D eigenvalue weighted by molar-refractivity contribution is 0.112. The van der Waals surface area contributed by atoms with E-state index in [-0.39, 0.29) is 19.8 Å². The van der Waals surface area contributed by atoms with Crippen LogP contribution in [0.1, 0.15) is 24.2 Å². The Hall–Kier alpha value is -1.46. The van der Waals surface area contributed by atoms with E-state index in [0.717, 1.165) is 17.2 Å². The molecule has 120 valence electrons. The minimum Gasteiger partial charge on any atom is -0.344 e. The van der Waals surface area contributed by atoms with Crippen LogP contribution in [0.25, 0.3) is 10.9 Å². The van der Waals surface area contributed by atoms with E-state index in [9.17, 15) is 9.36 Å². The van der Waals surface area contributed by atoms with E-state index in [4.69, 9.17) is 13.6 Å². The second kappa shape index (κ2) is 7.70. The molecule has 0 saturated carbocycles. The zero-order valence-electron chi connectivity index (χ0n) is 12.7. The normalized spacial score (nSPS) is 11.9. The average Bonchev–Trinajstić information content (AvgIpc) is 2.86. The molecule has 1 aromatic heterocycles. The van der Waals surface area contributed by atoms with Gasteiger partial charge in [0.2, 0.25) is 0 Å². The van der Waals surface area contributed by atoms with Gasteiger partial charge in [-0.2, -0.15) is 0 Å². The largest absolute Gasteiger partial charge is 0.474 e. The Morgan fingerprint density at radius 2 is 1.82 bits per heavy atom. The van der Waals surface area contributed by atoms with Gasteiger partial charge >= 0.3 is 7.82 Å². The van der Waals surface area contributed by atoms with Crippen molar-refractivity contribution in [2.24, 2.45) is 0 Å². The highest BCUT2D eigenvalue weighted by Crippen LogP contribution is 2.49. The highest BCUT2D eigenvalue weighted by Gasteiger charge is 2.25. The van der Waals surface area contributed by atoms with Gasteiger partial charge < -0.3 is 4.57 Å². The first-order chi connectivity index (χ1) is 10.6. The minimum atomic E-state index is -3.50. The number of hydrogen-bond donors (Lipinski definition) is 0. The third kappa shape index (κ3) is 3.84. The van der Waals surface area contributed by atoms with E-state index >= 15 is 0 Å². The topological polar surface area (TPSA) is 66.8 Å². The summed E-state index contributed by atoms with van der Waals surface area (Å²) in [5, 5.41) is 0.885. The fourth-order valence-corrected chi connectivity index (χ4v) is 3.39. The van der Waals surface area contributed by atoms with Crippen molar-refractivity contribution >= 4 is 25.0 Å². The van der Waals surface area contributed by atoms with Crippen molar-refractivity contribution < 1.29 is 22.9 Å². The Labute approximate surface area is 129 Å². The summed E-state index contributed by atoms with van der Waals surface area (Å²) in [6.45, 7) is 4.56. The van der Waals surface area contributed by atoms with Gasteiger partial charge in [-0.15, -0.1) is 0 Å². The third-order valence-electron chi connectivity index (χ3n) is 3.10. The van der Waals surface area contributed by atoms with Gasteiger partial charge in [0.1, 0.15) is 0 Å². The van der Waals surface area contributed by atoms with E-state index in [2.05, 4.69) is 0 Å². The fraction of sp³-hybridized carbons (Fsp3) is 0.400. The number of aldehydes is 1. The van der Waals surface area contributed by atoms with Crippen molar-refractivity contribution in [3.63, 3.8) is 0 Å². The Kier molecular flexibility index (Phi) is 5.91. The summed E-state index contributed by atoms with van der Waals surface area (Å²) in [6, 6.07) is 7.60. The third-order valence-corrected chi connectivity index (χ3v) is 4.75. The van der Waals surface area contributed by atoms with Crippen molar-refractivity contribution in [3.8, 4) is 0 Å². The number of carbonyl (C=O) groups is 1. The molecule has 0 unspecified atom stereocenters. The van der Waals surface area contributed by atoms with Crippen molar-refractivity contribution in [2.45, 2.75) is 20.4 Å². The van der Waals surface area contributed by atoms with Gasteiger partial charge in [0.15, 0.2) is 6.29 Å². The highest BCUT2D eigenvalue weighted by molar-refractivity contribution is 7.48. The van der Waals surface area contributed by atoms with Crippen LogP contribution < -0.4 is 0 Å². The summed E-state index contributed by atoms with van der Waals surface area (Å²) >= 11 is 0. The van der Waals surface area contributed by atoms with Crippen LogP contribution in [-0.4, -0.2) is 30.7 Å². The molecule has 22 heavy (non-hydrogen) atoms. The summed E-state index contributed by atoms with van der Waals surface area (Å²) < 4.78 is 29.5. The fourth-order valence-electron chi connectivity index (χ4n) is 2.23. The van der Waals surface area contributed by atoms with Gasteiger partial charge in [-0.3, -0.25) is 18.4 Å². The summed E-state index contributed by atoms with van der Waals surface area (Å²) in [6.07, 6.45) is 2.58. The molecule has 6 nitrogen and oxygen atoms in total. The smallest absolute Gasteiger partial charge is 0.344 e. The predicted molar refractivity (Wildman–Crippen MR) is 84.1 cm³/mol. The molecule has 1 aromatic carbocycles. The molecular weight excluding hydrogens is 305 g/mol. The molecule has 0 spiro atoms. The number of phosphoric acid groups is 1. The van der Waals surface area contributed by atoms with Gasteiger partial charge in [-0.05, 0) is 19.9 Å². The first-order valence-electron chi connectivity index (χ1n) is 7.20. The predicted octanol–water partition coefficient (Wildman–Crippen LogP) is 3.65. The minimum absolute atomic E-state index is 0.161. The quantitative estimate of drug-likeness (QED) is 0.520. The molecule has 0 atom stereocenters. The zero-order valence-corrected chi connectivity index (χ0v) is 13.6. The van der Waals surface area contributed by atoms with Gasteiger partial charge in [-0.1, -0.05) is 18.2 Å². The van der Waals surface area contributed by atoms with E-state index in [0.29, 0.717) is 12.1 Å². The Morgan fingerprint density at radius 1 is 1.14 bits per heavy atom. The van der Waals surface area contributed by atoms with Crippen LogP contribution in [0.5, 0.6) is 0 Å². The maximum atomic E-state index is 12.2. The zero-order chi connectivity index (χ0) is 16.0. The number of phosphoric ester groups is 1. The molecule has 0 aliphatic heterocycles. The van der Waals surface area contributed by atoms with E-state index in [1.54, 1.807) is 20.0 Å². The second-order valence-electron chi connectivity index (χ2n) is 4.53. The molecule has 0 radical (unpaired) electrons. The van der Waals surface area contributed by atoms with Crippen LogP contribution in [0.4, 0.5) is 0 Å². The molecule has 0 amide bonds. The lowest BCUT2D eigenvalue weighted by Gasteiger charge is -2.16. The van der Waals surface area contributed by atoms with Crippen LogP contribution in [0.2, 0.25) is 0 Å². The number of fused-ring (bicyclic) bond motifs is 1. The molecular formula is C15H20NO5P. The van der Waals surface area contributed by atoms with Crippen LogP contribution in [-0.2, 0) is 24.7 Å².